The number of anilines is 1. The minimum absolute atomic E-state index is 0.144. The molecule has 6 heteroatoms. The molecular formula is C24H28N2O4. The zero-order chi connectivity index (χ0) is 21.5. The Morgan fingerprint density at radius 1 is 1.23 bits per heavy atom. The van der Waals surface area contributed by atoms with Gasteiger partial charge >= 0.3 is 6.09 Å². The quantitative estimate of drug-likeness (QED) is 0.732. The van der Waals surface area contributed by atoms with Crippen LogP contribution in [0.1, 0.15) is 44.9 Å². The van der Waals surface area contributed by atoms with E-state index in [0.717, 1.165) is 39.4 Å². The second-order valence-electron chi connectivity index (χ2n) is 8.16. The zero-order valence-corrected chi connectivity index (χ0v) is 18.1. The standard InChI is InChI=1S/C24H28N2O4/c1-6-29-23(27)25-13-19-22-15(21-17(28-5)8-7-9-18(21)30-19)10-11-16-20(22)14(2)12-24(3,4)26-16/h7-12,19,26H,6,13H2,1-5H3,(H,25,27). The minimum atomic E-state index is -0.449. The van der Waals surface area contributed by atoms with Crippen LogP contribution < -0.4 is 20.1 Å². The fourth-order valence-electron chi connectivity index (χ4n) is 4.46. The van der Waals surface area contributed by atoms with E-state index in [1.165, 1.54) is 5.57 Å². The molecule has 1 atom stereocenters. The summed E-state index contributed by atoms with van der Waals surface area (Å²) in [5.41, 5.74) is 6.22. The van der Waals surface area contributed by atoms with Crippen molar-refractivity contribution in [2.24, 2.45) is 0 Å². The molecule has 0 fully saturated rings. The molecule has 158 valence electrons. The fourth-order valence-corrected chi connectivity index (χ4v) is 4.46. The maximum atomic E-state index is 11.9. The monoisotopic (exact) mass is 408 g/mol. The number of carbonyl (C=O) groups excluding carboxylic acids is 1. The zero-order valence-electron chi connectivity index (χ0n) is 18.1. The van der Waals surface area contributed by atoms with Gasteiger partial charge in [0.1, 0.15) is 17.6 Å². The summed E-state index contributed by atoms with van der Waals surface area (Å²) < 4.78 is 17.1. The Morgan fingerprint density at radius 3 is 2.77 bits per heavy atom. The van der Waals surface area contributed by atoms with Crippen molar-refractivity contribution in [3.63, 3.8) is 0 Å². The van der Waals surface area contributed by atoms with Crippen LogP contribution in [0.4, 0.5) is 10.5 Å². The summed E-state index contributed by atoms with van der Waals surface area (Å²) >= 11 is 0. The largest absolute Gasteiger partial charge is 0.496 e. The molecule has 2 heterocycles. The molecule has 30 heavy (non-hydrogen) atoms. The van der Waals surface area contributed by atoms with Crippen LogP contribution in [0, 0.1) is 0 Å². The van der Waals surface area contributed by atoms with Gasteiger partial charge in [-0.05, 0) is 57.0 Å². The number of rotatable bonds is 4. The van der Waals surface area contributed by atoms with E-state index in [1.54, 1.807) is 14.0 Å². The minimum Gasteiger partial charge on any atom is -0.496 e. The Hall–Kier alpha value is -3.15. The molecule has 0 aromatic heterocycles. The van der Waals surface area contributed by atoms with Gasteiger partial charge < -0.3 is 24.8 Å². The highest BCUT2D eigenvalue weighted by atomic mass is 16.5. The van der Waals surface area contributed by atoms with Gasteiger partial charge in [-0.3, -0.25) is 0 Å². The average molecular weight is 408 g/mol. The molecule has 0 bridgehead atoms. The molecule has 2 aromatic rings. The Morgan fingerprint density at radius 2 is 2.03 bits per heavy atom. The number of fused-ring (bicyclic) bond motifs is 5. The number of hydrogen-bond acceptors (Lipinski definition) is 5. The maximum absolute atomic E-state index is 11.9. The van der Waals surface area contributed by atoms with Crippen molar-refractivity contribution >= 4 is 17.4 Å². The summed E-state index contributed by atoms with van der Waals surface area (Å²) in [5.74, 6) is 1.50. The first-order valence-electron chi connectivity index (χ1n) is 10.2. The van der Waals surface area contributed by atoms with Gasteiger partial charge in [0, 0.05) is 16.8 Å². The Balaban J connectivity index is 1.87. The van der Waals surface area contributed by atoms with Crippen LogP contribution in [-0.4, -0.2) is 31.9 Å². The van der Waals surface area contributed by atoms with Crippen molar-refractivity contribution < 1.29 is 19.0 Å². The van der Waals surface area contributed by atoms with Crippen molar-refractivity contribution in [2.45, 2.75) is 39.3 Å². The molecule has 0 aliphatic carbocycles. The molecule has 6 nitrogen and oxygen atoms in total. The molecule has 2 N–H and O–H groups in total. The van der Waals surface area contributed by atoms with E-state index in [9.17, 15) is 4.79 Å². The van der Waals surface area contributed by atoms with Crippen molar-refractivity contribution in [3.8, 4) is 22.6 Å². The molecular weight excluding hydrogens is 380 g/mol. The van der Waals surface area contributed by atoms with Crippen molar-refractivity contribution in [2.75, 3.05) is 25.6 Å². The number of hydrogen-bond donors (Lipinski definition) is 2. The van der Waals surface area contributed by atoms with Gasteiger partial charge in [-0.1, -0.05) is 18.2 Å². The van der Waals surface area contributed by atoms with Gasteiger partial charge in [0.25, 0.3) is 0 Å². The Kier molecular flexibility index (Phi) is 5.10. The van der Waals surface area contributed by atoms with E-state index in [-0.39, 0.29) is 11.6 Å². The second kappa shape index (κ2) is 7.59. The van der Waals surface area contributed by atoms with Crippen molar-refractivity contribution in [1.82, 2.24) is 5.32 Å². The molecule has 0 saturated heterocycles. The highest BCUT2D eigenvalue weighted by molar-refractivity contribution is 5.91. The first kappa shape index (κ1) is 20.1. The second-order valence-corrected chi connectivity index (χ2v) is 8.16. The third-order valence-corrected chi connectivity index (χ3v) is 5.45. The van der Waals surface area contributed by atoms with E-state index >= 15 is 0 Å². The maximum Gasteiger partial charge on any atom is 0.407 e. The molecule has 0 saturated carbocycles. The summed E-state index contributed by atoms with van der Waals surface area (Å²) in [5, 5.41) is 6.43. The van der Waals surface area contributed by atoms with Gasteiger partial charge in [-0.15, -0.1) is 0 Å². The summed E-state index contributed by atoms with van der Waals surface area (Å²) in [4.78, 5) is 11.9. The van der Waals surface area contributed by atoms with Gasteiger partial charge in [-0.2, -0.15) is 0 Å². The van der Waals surface area contributed by atoms with Crippen LogP contribution in [0.3, 0.4) is 0 Å². The van der Waals surface area contributed by atoms with E-state index in [2.05, 4.69) is 49.6 Å². The Bertz CT molecular complexity index is 1030. The van der Waals surface area contributed by atoms with Crippen LogP contribution in [0.2, 0.25) is 0 Å². The third-order valence-electron chi connectivity index (χ3n) is 5.45. The van der Waals surface area contributed by atoms with E-state index in [1.807, 2.05) is 18.2 Å². The summed E-state index contributed by atoms with van der Waals surface area (Å²) in [6.07, 6.45) is 1.42. The van der Waals surface area contributed by atoms with Gasteiger partial charge in [0.2, 0.25) is 0 Å². The van der Waals surface area contributed by atoms with Crippen LogP contribution in [0.15, 0.2) is 36.4 Å². The number of carbonyl (C=O) groups is 1. The van der Waals surface area contributed by atoms with E-state index in [0.29, 0.717) is 13.2 Å². The average Bonchev–Trinajstić information content (AvgIpc) is 2.70. The summed E-state index contributed by atoms with van der Waals surface area (Å²) in [7, 11) is 1.66. The van der Waals surface area contributed by atoms with Crippen molar-refractivity contribution in [3.05, 3.63) is 47.5 Å². The Labute approximate surface area is 177 Å². The molecule has 4 rings (SSSR count). The van der Waals surface area contributed by atoms with Crippen LogP contribution in [0.5, 0.6) is 11.5 Å². The fraction of sp³-hybridized carbons (Fsp3) is 0.375. The number of nitrogens with one attached hydrogen (secondary N) is 2. The summed E-state index contributed by atoms with van der Waals surface area (Å²) in [6, 6.07) is 10.0. The van der Waals surface area contributed by atoms with Crippen LogP contribution in [-0.2, 0) is 4.74 Å². The lowest BCUT2D eigenvalue weighted by atomic mass is 9.81. The molecule has 2 aromatic carbocycles. The lowest BCUT2D eigenvalue weighted by Crippen LogP contribution is -2.35. The molecule has 0 radical (unpaired) electrons. The predicted octanol–water partition coefficient (Wildman–Crippen LogP) is 5.15. The van der Waals surface area contributed by atoms with Gasteiger partial charge in [0.05, 0.1) is 31.4 Å². The lowest BCUT2D eigenvalue weighted by Gasteiger charge is -2.37. The first-order valence-corrected chi connectivity index (χ1v) is 10.2. The normalized spacial score (nSPS) is 17.9. The van der Waals surface area contributed by atoms with E-state index < -0.39 is 6.09 Å². The third kappa shape index (κ3) is 3.47. The van der Waals surface area contributed by atoms with Crippen molar-refractivity contribution in [1.29, 1.82) is 0 Å². The highest BCUT2D eigenvalue weighted by Gasteiger charge is 2.35. The highest BCUT2D eigenvalue weighted by Crippen LogP contribution is 2.51. The molecule has 2 aliphatic heterocycles. The first-order chi connectivity index (χ1) is 14.3. The molecule has 0 spiro atoms. The topological polar surface area (TPSA) is 68.8 Å². The SMILES string of the molecule is CCOC(=O)NCC1Oc2cccc(OC)c2-c2ccc3c(c21)C(C)=CC(C)(C)N3. The van der Waals surface area contributed by atoms with Gasteiger partial charge in [0.15, 0.2) is 0 Å². The number of amides is 1. The van der Waals surface area contributed by atoms with Gasteiger partial charge in [-0.25, -0.2) is 4.79 Å². The number of ether oxygens (including phenoxy) is 3. The van der Waals surface area contributed by atoms with Crippen LogP contribution >= 0.6 is 0 Å². The number of alkyl carbamates (subject to hydrolysis) is 1. The van der Waals surface area contributed by atoms with Crippen LogP contribution in [0.25, 0.3) is 16.7 Å². The molecule has 1 amide bonds. The predicted molar refractivity (Wildman–Crippen MR) is 118 cm³/mol. The number of allylic oxidation sites excluding steroid dienone is 1. The molecule has 1 unspecified atom stereocenters. The molecule has 2 aliphatic rings. The smallest absolute Gasteiger partial charge is 0.407 e. The van der Waals surface area contributed by atoms with E-state index in [4.69, 9.17) is 14.2 Å². The lowest BCUT2D eigenvalue weighted by molar-refractivity contribution is 0.140. The number of benzene rings is 2. The number of methoxy groups -OCH3 is 1. The summed E-state index contributed by atoms with van der Waals surface area (Å²) in [6.45, 7) is 8.82.